The summed E-state index contributed by atoms with van der Waals surface area (Å²) < 4.78 is 6.53. The Morgan fingerprint density at radius 1 is 1.41 bits per heavy atom. The fraction of sp³-hybridized carbons (Fsp3) is 0.625. The van der Waals surface area contributed by atoms with E-state index in [0.717, 1.165) is 0 Å². The van der Waals surface area contributed by atoms with E-state index in [1.54, 1.807) is 0 Å². The Hall–Kier alpha value is -1.71. The van der Waals surface area contributed by atoms with Gasteiger partial charge in [-0.3, -0.25) is 4.79 Å². The summed E-state index contributed by atoms with van der Waals surface area (Å²) in [6.07, 6.45) is -0.674. The van der Waals surface area contributed by atoms with E-state index >= 15 is 0 Å². The highest BCUT2D eigenvalue weighted by molar-refractivity contribution is 5.98. The van der Waals surface area contributed by atoms with Crippen molar-refractivity contribution in [2.45, 2.75) is 12.8 Å². The van der Waals surface area contributed by atoms with Gasteiger partial charge in [0.2, 0.25) is 0 Å². The molecule has 0 radical (unpaired) electrons. The first-order valence-electron chi connectivity index (χ1n) is 5.05. The van der Waals surface area contributed by atoms with Gasteiger partial charge in [0.05, 0.1) is 19.9 Å². The number of fused-ring (bicyclic) bond motifs is 1. The third-order valence-corrected chi connectivity index (χ3v) is 2.29. The number of ether oxygens (including phenoxy) is 1. The molecule has 0 aliphatic carbocycles. The zero-order chi connectivity index (χ0) is 12.3. The second-order valence-electron chi connectivity index (χ2n) is 3.43. The average molecular weight is 243 g/mol. The summed E-state index contributed by atoms with van der Waals surface area (Å²) in [5.74, 6) is 0.161. The third kappa shape index (κ3) is 2.35. The molecule has 0 fully saturated rings. The predicted molar refractivity (Wildman–Crippen MR) is 55.0 cm³/mol. The van der Waals surface area contributed by atoms with Crippen molar-refractivity contribution in [2.75, 3.05) is 25.2 Å². The van der Waals surface area contributed by atoms with Gasteiger partial charge in [-0.05, 0) is 0 Å². The quantitative estimate of drug-likeness (QED) is 0.459. The molecule has 9 nitrogen and oxygen atoms in total. The Morgan fingerprint density at radius 3 is 2.88 bits per heavy atom. The van der Waals surface area contributed by atoms with E-state index in [4.69, 9.17) is 14.9 Å². The van der Waals surface area contributed by atoms with Crippen LogP contribution in [0.25, 0.3) is 0 Å². The number of aliphatic hydroxyl groups excluding tert-OH is 2. The summed E-state index contributed by atoms with van der Waals surface area (Å²) in [6, 6.07) is 0. The smallest absolute Gasteiger partial charge is 0.277 e. The van der Waals surface area contributed by atoms with E-state index in [0.29, 0.717) is 12.5 Å². The number of aromatic nitrogens is 3. The summed E-state index contributed by atoms with van der Waals surface area (Å²) in [5.41, 5.74) is 0.199. The van der Waals surface area contributed by atoms with Gasteiger partial charge in [-0.15, -0.1) is 5.10 Å². The van der Waals surface area contributed by atoms with E-state index in [9.17, 15) is 4.79 Å². The summed E-state index contributed by atoms with van der Waals surface area (Å²) in [6.45, 7) is -0.292. The highest BCUT2D eigenvalue weighted by Crippen LogP contribution is 2.14. The van der Waals surface area contributed by atoms with Crippen LogP contribution in [0.15, 0.2) is 0 Å². The van der Waals surface area contributed by atoms with Crippen LogP contribution in [-0.4, -0.2) is 57.1 Å². The Morgan fingerprint density at radius 2 is 2.18 bits per heavy atom. The lowest BCUT2D eigenvalue weighted by Gasteiger charge is -2.17. The zero-order valence-corrected chi connectivity index (χ0v) is 8.96. The first kappa shape index (κ1) is 11.8. The number of aliphatic hydroxyl groups is 2. The van der Waals surface area contributed by atoms with E-state index in [1.807, 2.05) is 0 Å². The molecular formula is C8H13N5O4. The topological polar surface area (TPSA) is 122 Å². The first-order valence-corrected chi connectivity index (χ1v) is 5.05. The van der Waals surface area contributed by atoms with Crippen LogP contribution in [-0.2, 0) is 11.5 Å². The van der Waals surface area contributed by atoms with Crippen molar-refractivity contribution in [3.63, 3.8) is 0 Å². The molecular weight excluding hydrogens is 230 g/mol. The zero-order valence-electron chi connectivity index (χ0n) is 8.96. The number of nitrogens with zero attached hydrogens (tertiary/aromatic N) is 3. The standard InChI is InChI=1S/C8H13N5O4/c14-1-5(2-15)17-4-13-7-6(11-12-13)8(16)10-3-9-7/h5,9,14-15H,1-4H2,(H,10,16). The molecule has 0 saturated carbocycles. The summed E-state index contributed by atoms with van der Waals surface area (Å²) in [7, 11) is 0. The minimum atomic E-state index is -0.674. The number of carbonyl (C=O) groups is 1. The molecule has 94 valence electrons. The Kier molecular flexibility index (Phi) is 3.52. The number of rotatable bonds is 5. The highest BCUT2D eigenvalue weighted by atomic mass is 16.5. The maximum atomic E-state index is 11.4. The van der Waals surface area contributed by atoms with Crippen LogP contribution in [0.1, 0.15) is 10.5 Å². The van der Waals surface area contributed by atoms with Crippen LogP contribution >= 0.6 is 0 Å². The van der Waals surface area contributed by atoms with E-state index in [-0.39, 0.29) is 31.5 Å². The molecule has 1 amide bonds. The van der Waals surface area contributed by atoms with Crippen molar-refractivity contribution in [1.29, 1.82) is 0 Å². The largest absolute Gasteiger partial charge is 0.394 e. The van der Waals surface area contributed by atoms with Crippen LogP contribution in [0.5, 0.6) is 0 Å². The monoisotopic (exact) mass is 243 g/mol. The Labute approximate surface area is 96.4 Å². The third-order valence-electron chi connectivity index (χ3n) is 2.29. The molecule has 17 heavy (non-hydrogen) atoms. The SMILES string of the molecule is O=C1NCNc2c1nnn2COC(CO)CO. The summed E-state index contributed by atoms with van der Waals surface area (Å²) in [4.78, 5) is 11.4. The van der Waals surface area contributed by atoms with Crippen molar-refractivity contribution >= 4 is 11.7 Å². The fourth-order valence-electron chi connectivity index (χ4n) is 1.36. The predicted octanol–water partition coefficient (Wildman–Crippen LogP) is -2.28. The van der Waals surface area contributed by atoms with Crippen molar-refractivity contribution in [2.24, 2.45) is 0 Å². The van der Waals surface area contributed by atoms with Gasteiger partial charge in [-0.2, -0.15) is 0 Å². The molecule has 9 heteroatoms. The molecule has 1 aromatic heterocycles. The molecule has 0 atom stereocenters. The fourth-order valence-corrected chi connectivity index (χ4v) is 1.36. The van der Waals surface area contributed by atoms with Crippen LogP contribution in [0.2, 0.25) is 0 Å². The highest BCUT2D eigenvalue weighted by Gasteiger charge is 2.23. The van der Waals surface area contributed by atoms with Crippen LogP contribution < -0.4 is 10.6 Å². The van der Waals surface area contributed by atoms with Gasteiger partial charge < -0.3 is 25.6 Å². The lowest BCUT2D eigenvalue weighted by atomic mass is 10.3. The number of carbonyl (C=O) groups excluding carboxylic acids is 1. The second kappa shape index (κ2) is 5.08. The minimum absolute atomic E-state index is 0.00556. The van der Waals surface area contributed by atoms with Crippen molar-refractivity contribution < 1.29 is 19.7 Å². The minimum Gasteiger partial charge on any atom is -0.394 e. The van der Waals surface area contributed by atoms with Gasteiger partial charge in [0.25, 0.3) is 5.91 Å². The molecule has 0 unspecified atom stereocenters. The van der Waals surface area contributed by atoms with Gasteiger partial charge in [0.15, 0.2) is 11.5 Å². The number of amides is 1. The van der Waals surface area contributed by atoms with Crippen molar-refractivity contribution in [3.8, 4) is 0 Å². The normalized spacial score (nSPS) is 14.4. The number of anilines is 1. The van der Waals surface area contributed by atoms with Crippen LogP contribution in [0.3, 0.4) is 0 Å². The van der Waals surface area contributed by atoms with Crippen molar-refractivity contribution in [1.82, 2.24) is 20.3 Å². The van der Waals surface area contributed by atoms with Gasteiger partial charge in [0, 0.05) is 0 Å². The first-order chi connectivity index (χ1) is 8.26. The van der Waals surface area contributed by atoms with Gasteiger partial charge >= 0.3 is 0 Å². The molecule has 2 rings (SSSR count). The molecule has 0 aromatic carbocycles. The molecule has 2 heterocycles. The molecule has 0 bridgehead atoms. The molecule has 1 aliphatic heterocycles. The second-order valence-corrected chi connectivity index (χ2v) is 3.43. The molecule has 4 N–H and O–H groups in total. The molecule has 1 aliphatic rings. The lowest BCUT2D eigenvalue weighted by molar-refractivity contribution is -0.0533. The lowest BCUT2D eigenvalue weighted by Crippen LogP contribution is -2.35. The van der Waals surface area contributed by atoms with E-state index < -0.39 is 6.10 Å². The summed E-state index contributed by atoms with van der Waals surface area (Å²) in [5, 5.41) is 30.5. The van der Waals surface area contributed by atoms with Gasteiger partial charge in [-0.25, -0.2) is 4.68 Å². The van der Waals surface area contributed by atoms with Crippen LogP contribution in [0, 0.1) is 0 Å². The van der Waals surface area contributed by atoms with Crippen molar-refractivity contribution in [3.05, 3.63) is 5.69 Å². The molecule has 0 saturated heterocycles. The van der Waals surface area contributed by atoms with Gasteiger partial charge in [0.1, 0.15) is 12.8 Å². The van der Waals surface area contributed by atoms with E-state index in [2.05, 4.69) is 20.9 Å². The Bertz CT molecular complexity index is 403. The van der Waals surface area contributed by atoms with Gasteiger partial charge in [-0.1, -0.05) is 5.21 Å². The number of hydrogen-bond acceptors (Lipinski definition) is 7. The molecule has 0 spiro atoms. The maximum Gasteiger partial charge on any atom is 0.277 e. The summed E-state index contributed by atoms with van der Waals surface area (Å²) >= 11 is 0. The van der Waals surface area contributed by atoms with Crippen LogP contribution in [0.4, 0.5) is 5.82 Å². The maximum absolute atomic E-state index is 11.4. The molecule has 1 aromatic rings. The average Bonchev–Trinajstić information content (AvgIpc) is 2.75. The Balaban J connectivity index is 2.05. The number of hydrogen-bond donors (Lipinski definition) is 4. The van der Waals surface area contributed by atoms with E-state index in [1.165, 1.54) is 4.68 Å². The number of nitrogens with one attached hydrogen (secondary N) is 2.